The number of halogens is 1. The number of thioether (sulfide) groups is 1. The van der Waals surface area contributed by atoms with Crippen LogP contribution in [0.3, 0.4) is 0 Å². The fourth-order valence-electron chi connectivity index (χ4n) is 3.73. The van der Waals surface area contributed by atoms with Gasteiger partial charge in [0.05, 0.1) is 4.91 Å². The van der Waals surface area contributed by atoms with Crippen molar-refractivity contribution in [2.45, 2.75) is 20.5 Å². The second-order valence-corrected chi connectivity index (χ2v) is 8.61. The number of carbonyl (C=O) groups is 2. The molecule has 0 radical (unpaired) electrons. The van der Waals surface area contributed by atoms with E-state index in [-0.39, 0.29) is 30.1 Å². The first-order valence-corrected chi connectivity index (χ1v) is 11.2. The Kier molecular flexibility index (Phi) is 6.51. The molecule has 33 heavy (non-hydrogen) atoms. The lowest BCUT2D eigenvalue weighted by Crippen LogP contribution is -2.27. The Hall–Kier alpha value is -3.58. The van der Waals surface area contributed by atoms with Crippen molar-refractivity contribution in [2.75, 3.05) is 6.54 Å². The van der Waals surface area contributed by atoms with E-state index in [4.69, 9.17) is 4.74 Å². The average molecular weight is 463 g/mol. The second kappa shape index (κ2) is 9.50. The molecule has 4 rings (SSSR count). The molecule has 7 heteroatoms. The van der Waals surface area contributed by atoms with Gasteiger partial charge in [-0.15, -0.1) is 6.58 Å². The Morgan fingerprint density at radius 1 is 1.09 bits per heavy atom. The number of aryl methyl sites for hydroxylation is 1. The van der Waals surface area contributed by atoms with Crippen LogP contribution in [0.5, 0.6) is 5.75 Å². The lowest BCUT2D eigenvalue weighted by Gasteiger charge is -2.12. The zero-order valence-corrected chi connectivity index (χ0v) is 19.2. The van der Waals surface area contributed by atoms with Gasteiger partial charge >= 0.3 is 0 Å². The maximum atomic E-state index is 13.8. The molecule has 0 saturated carbocycles. The van der Waals surface area contributed by atoms with Crippen LogP contribution < -0.4 is 4.74 Å². The number of amides is 2. The van der Waals surface area contributed by atoms with Crippen LogP contribution >= 0.6 is 11.8 Å². The summed E-state index contributed by atoms with van der Waals surface area (Å²) in [5, 5.41) is -0.286. The molecule has 1 aliphatic heterocycles. The first-order valence-electron chi connectivity index (χ1n) is 10.4. The van der Waals surface area contributed by atoms with E-state index in [9.17, 15) is 14.0 Å². The number of nitrogens with zero attached hydrogens (tertiary/aromatic N) is 2. The third-order valence-corrected chi connectivity index (χ3v) is 6.30. The summed E-state index contributed by atoms with van der Waals surface area (Å²) in [6.07, 6.45) is 3.30. The highest BCUT2D eigenvalue weighted by Crippen LogP contribution is 2.33. The van der Waals surface area contributed by atoms with E-state index in [0.717, 1.165) is 34.4 Å². The van der Waals surface area contributed by atoms with Crippen LogP contribution in [0.25, 0.3) is 11.8 Å². The van der Waals surface area contributed by atoms with E-state index in [1.54, 1.807) is 24.3 Å². The van der Waals surface area contributed by atoms with E-state index in [2.05, 4.69) is 11.1 Å². The molecule has 2 aromatic carbocycles. The monoisotopic (exact) mass is 462 g/mol. The van der Waals surface area contributed by atoms with Crippen molar-refractivity contribution in [1.82, 2.24) is 9.47 Å². The van der Waals surface area contributed by atoms with Crippen molar-refractivity contribution in [2.24, 2.45) is 0 Å². The minimum absolute atomic E-state index is 0.151. The molecule has 0 atom stereocenters. The van der Waals surface area contributed by atoms with Gasteiger partial charge in [-0.05, 0) is 73.6 Å². The van der Waals surface area contributed by atoms with Crippen molar-refractivity contribution in [3.05, 3.63) is 100 Å². The van der Waals surface area contributed by atoms with Gasteiger partial charge in [0.15, 0.2) is 0 Å². The van der Waals surface area contributed by atoms with Crippen molar-refractivity contribution in [1.29, 1.82) is 0 Å². The van der Waals surface area contributed by atoms with Crippen molar-refractivity contribution < 1.29 is 18.7 Å². The molecule has 2 heterocycles. The highest BCUT2D eigenvalue weighted by atomic mass is 32.2. The van der Waals surface area contributed by atoms with Gasteiger partial charge in [0.2, 0.25) is 0 Å². The zero-order chi connectivity index (χ0) is 23.5. The summed E-state index contributed by atoms with van der Waals surface area (Å²) < 4.78 is 21.6. The maximum Gasteiger partial charge on any atom is 0.293 e. The van der Waals surface area contributed by atoms with Crippen LogP contribution in [-0.2, 0) is 11.4 Å². The lowest BCUT2D eigenvalue weighted by molar-refractivity contribution is -0.122. The van der Waals surface area contributed by atoms with Gasteiger partial charge in [-0.25, -0.2) is 4.39 Å². The van der Waals surface area contributed by atoms with E-state index in [1.165, 1.54) is 17.0 Å². The summed E-state index contributed by atoms with van der Waals surface area (Å²) in [5.74, 6) is 0.0502. The van der Waals surface area contributed by atoms with Gasteiger partial charge in [0.1, 0.15) is 18.2 Å². The minimum atomic E-state index is -0.300. The Labute approximate surface area is 196 Å². The van der Waals surface area contributed by atoms with Crippen molar-refractivity contribution in [3.8, 4) is 11.4 Å². The first kappa shape index (κ1) is 22.6. The Balaban J connectivity index is 1.53. The summed E-state index contributed by atoms with van der Waals surface area (Å²) in [5.41, 5.74) is 4.24. The number of hydrogen-bond donors (Lipinski definition) is 0. The Morgan fingerprint density at radius 3 is 2.52 bits per heavy atom. The summed E-state index contributed by atoms with van der Waals surface area (Å²) in [6, 6.07) is 16.1. The normalized spacial score (nSPS) is 14.9. The van der Waals surface area contributed by atoms with E-state index < -0.39 is 0 Å². The first-order chi connectivity index (χ1) is 15.9. The van der Waals surface area contributed by atoms with Gasteiger partial charge in [-0.2, -0.15) is 0 Å². The number of carbonyl (C=O) groups excluding carboxylic acids is 2. The molecule has 0 N–H and O–H groups in total. The Morgan fingerprint density at radius 2 is 1.82 bits per heavy atom. The van der Waals surface area contributed by atoms with E-state index in [0.29, 0.717) is 16.2 Å². The lowest BCUT2D eigenvalue weighted by atomic mass is 10.2. The number of hydrogen-bond acceptors (Lipinski definition) is 4. The molecule has 0 spiro atoms. The van der Waals surface area contributed by atoms with Crippen LogP contribution in [0.1, 0.15) is 22.5 Å². The molecule has 1 saturated heterocycles. The quantitative estimate of drug-likeness (QED) is 0.318. The van der Waals surface area contributed by atoms with Crippen LogP contribution in [0.4, 0.5) is 9.18 Å². The number of ether oxygens (including phenoxy) is 1. The number of imide groups is 1. The topological polar surface area (TPSA) is 51.5 Å². The van der Waals surface area contributed by atoms with Gasteiger partial charge in [-0.3, -0.25) is 14.5 Å². The number of benzene rings is 2. The van der Waals surface area contributed by atoms with Gasteiger partial charge in [-0.1, -0.05) is 24.3 Å². The standard InChI is InChI=1S/C26H23FN2O3S/c1-4-13-28-25(30)24(33-26(28)31)15-20-14-17(2)29(18(20)3)21-9-11-22(12-10-21)32-16-19-7-5-6-8-23(19)27/h4-12,14-15H,1,13,16H2,2-3H3/b24-15+. The summed E-state index contributed by atoms with van der Waals surface area (Å²) in [6.45, 7) is 7.90. The molecule has 0 aliphatic carbocycles. The average Bonchev–Trinajstić information content (AvgIpc) is 3.23. The number of rotatable bonds is 7. The van der Waals surface area contributed by atoms with E-state index >= 15 is 0 Å². The van der Waals surface area contributed by atoms with Crippen LogP contribution in [0, 0.1) is 19.7 Å². The van der Waals surface area contributed by atoms with Crippen molar-refractivity contribution >= 4 is 29.0 Å². The molecule has 2 amide bonds. The van der Waals surface area contributed by atoms with Crippen LogP contribution in [-0.4, -0.2) is 27.2 Å². The zero-order valence-electron chi connectivity index (χ0n) is 18.4. The molecule has 1 aromatic heterocycles. The van der Waals surface area contributed by atoms with Gasteiger partial charge in [0.25, 0.3) is 11.1 Å². The van der Waals surface area contributed by atoms with Crippen LogP contribution in [0.15, 0.2) is 72.2 Å². The number of aromatic nitrogens is 1. The molecule has 1 fully saturated rings. The third-order valence-electron chi connectivity index (χ3n) is 5.39. The summed E-state index contributed by atoms with van der Waals surface area (Å²) >= 11 is 0.941. The van der Waals surface area contributed by atoms with Crippen molar-refractivity contribution in [3.63, 3.8) is 0 Å². The van der Waals surface area contributed by atoms with Gasteiger partial charge in [0, 0.05) is 29.2 Å². The highest BCUT2D eigenvalue weighted by molar-refractivity contribution is 8.18. The molecule has 1 aliphatic rings. The largest absolute Gasteiger partial charge is 0.489 e. The molecule has 0 bridgehead atoms. The Bertz CT molecular complexity index is 1260. The third kappa shape index (κ3) is 4.64. The summed E-state index contributed by atoms with van der Waals surface area (Å²) in [4.78, 5) is 26.2. The maximum absolute atomic E-state index is 13.8. The predicted molar refractivity (Wildman–Crippen MR) is 129 cm³/mol. The molecule has 168 valence electrons. The molecule has 3 aromatic rings. The summed E-state index contributed by atoms with van der Waals surface area (Å²) in [7, 11) is 0. The molecule has 0 unspecified atom stereocenters. The predicted octanol–water partition coefficient (Wildman–Crippen LogP) is 6.03. The molecule has 5 nitrogen and oxygen atoms in total. The smallest absolute Gasteiger partial charge is 0.293 e. The van der Waals surface area contributed by atoms with E-state index in [1.807, 2.05) is 44.2 Å². The SMILES string of the molecule is C=CCN1C(=O)S/C(=C/c2cc(C)n(-c3ccc(OCc4ccccc4F)cc3)c2C)C1=O. The van der Waals surface area contributed by atoms with Crippen LogP contribution in [0.2, 0.25) is 0 Å². The molecular formula is C26H23FN2O3S. The van der Waals surface area contributed by atoms with Gasteiger partial charge < -0.3 is 9.30 Å². The highest BCUT2D eigenvalue weighted by Gasteiger charge is 2.34. The fraction of sp³-hybridized carbons (Fsp3) is 0.154. The minimum Gasteiger partial charge on any atom is -0.489 e. The fourth-order valence-corrected chi connectivity index (χ4v) is 4.57. The molecular weight excluding hydrogens is 439 g/mol. The second-order valence-electron chi connectivity index (χ2n) is 7.62.